The lowest BCUT2D eigenvalue weighted by molar-refractivity contribution is 0.112. The van der Waals surface area contributed by atoms with Gasteiger partial charge in [-0.3, -0.25) is 4.79 Å². The number of phenols is 2. The summed E-state index contributed by atoms with van der Waals surface area (Å²) in [5.41, 5.74) is 2.42. The van der Waals surface area contributed by atoms with Gasteiger partial charge in [-0.25, -0.2) is 0 Å². The molecule has 4 heteroatoms. The van der Waals surface area contributed by atoms with Crippen molar-refractivity contribution in [1.29, 1.82) is 0 Å². The first-order chi connectivity index (χ1) is 9.63. The average Bonchev–Trinajstić information content (AvgIpc) is 2.44. The van der Waals surface area contributed by atoms with Crippen molar-refractivity contribution in [2.45, 2.75) is 18.4 Å². The summed E-state index contributed by atoms with van der Waals surface area (Å²) in [6.45, 7) is 1.68. The lowest BCUT2D eigenvalue weighted by Gasteiger charge is -2.11. The second-order valence-corrected chi connectivity index (χ2v) is 5.54. The predicted octanol–water partition coefficient (Wildman–Crippen LogP) is 3.65. The van der Waals surface area contributed by atoms with E-state index in [-0.39, 0.29) is 17.1 Å². The molecule has 2 aromatic rings. The summed E-state index contributed by atoms with van der Waals surface area (Å²) >= 11 is 1.58. The molecule has 0 fully saturated rings. The van der Waals surface area contributed by atoms with Crippen LogP contribution >= 0.6 is 11.8 Å². The van der Waals surface area contributed by atoms with Crippen molar-refractivity contribution in [3.8, 4) is 11.5 Å². The number of thioether (sulfide) groups is 1. The fraction of sp³-hybridized carbons (Fsp3) is 0.188. The topological polar surface area (TPSA) is 57.5 Å². The Hall–Kier alpha value is -1.94. The first-order valence-electron chi connectivity index (χ1n) is 6.24. The Kier molecular flexibility index (Phi) is 4.69. The van der Waals surface area contributed by atoms with Crippen LogP contribution in [0.25, 0.3) is 0 Å². The Morgan fingerprint density at radius 2 is 1.85 bits per heavy atom. The summed E-state index contributed by atoms with van der Waals surface area (Å²) in [7, 11) is 0. The summed E-state index contributed by atoms with van der Waals surface area (Å²) in [6, 6.07) is 11.5. The lowest BCUT2D eigenvalue weighted by atomic mass is 10.0. The molecule has 0 aromatic heterocycles. The van der Waals surface area contributed by atoms with Crippen molar-refractivity contribution in [3.63, 3.8) is 0 Å². The zero-order valence-electron chi connectivity index (χ0n) is 11.2. The summed E-state index contributed by atoms with van der Waals surface area (Å²) in [5.74, 6) is 1.15. The van der Waals surface area contributed by atoms with Crippen LogP contribution in [0.4, 0.5) is 0 Å². The molecule has 0 radical (unpaired) electrons. The molecule has 2 N–H and O–H groups in total. The van der Waals surface area contributed by atoms with Gasteiger partial charge in [0.05, 0.1) is 5.56 Å². The molecule has 0 amide bonds. The van der Waals surface area contributed by atoms with Gasteiger partial charge in [0.15, 0.2) is 6.29 Å². The molecule has 0 aliphatic carbocycles. The molecule has 0 bridgehead atoms. The summed E-state index contributed by atoms with van der Waals surface area (Å²) in [5, 5.41) is 19.9. The van der Waals surface area contributed by atoms with Gasteiger partial charge in [0, 0.05) is 17.1 Å². The minimum atomic E-state index is -0.113. The van der Waals surface area contributed by atoms with Crippen LogP contribution in [0.3, 0.4) is 0 Å². The minimum Gasteiger partial charge on any atom is -0.507 e. The molecule has 104 valence electrons. The van der Waals surface area contributed by atoms with Gasteiger partial charge in [0.2, 0.25) is 0 Å². The number of aromatic hydroxyl groups is 2. The largest absolute Gasteiger partial charge is 0.507 e. The van der Waals surface area contributed by atoms with E-state index in [0.29, 0.717) is 23.2 Å². The van der Waals surface area contributed by atoms with Gasteiger partial charge < -0.3 is 10.2 Å². The summed E-state index contributed by atoms with van der Waals surface area (Å²) in [6.07, 6.45) is 0.621. The van der Waals surface area contributed by atoms with E-state index in [9.17, 15) is 15.0 Å². The molecule has 20 heavy (non-hydrogen) atoms. The van der Waals surface area contributed by atoms with Crippen molar-refractivity contribution >= 4 is 18.0 Å². The zero-order valence-corrected chi connectivity index (χ0v) is 12.0. The molecule has 2 rings (SSSR count). The SMILES string of the molecule is Cc1cc(O)c(CSCc2ccccc2)c(O)c1C=O. The molecule has 3 nitrogen and oxygen atoms in total. The number of benzene rings is 2. The molecule has 0 saturated heterocycles. The van der Waals surface area contributed by atoms with E-state index in [1.54, 1.807) is 18.7 Å². The van der Waals surface area contributed by atoms with E-state index >= 15 is 0 Å². The van der Waals surface area contributed by atoms with Gasteiger partial charge in [-0.1, -0.05) is 30.3 Å². The number of carbonyl (C=O) groups excluding carboxylic acids is 1. The molecule has 2 aromatic carbocycles. The number of carbonyl (C=O) groups is 1. The second kappa shape index (κ2) is 6.48. The van der Waals surface area contributed by atoms with Crippen molar-refractivity contribution in [1.82, 2.24) is 0 Å². The molecule has 0 aliphatic rings. The fourth-order valence-corrected chi connectivity index (χ4v) is 3.00. The van der Waals surface area contributed by atoms with Crippen LogP contribution in [0.1, 0.15) is 27.0 Å². The molecule has 0 spiro atoms. The van der Waals surface area contributed by atoms with Crippen LogP contribution in [0.5, 0.6) is 11.5 Å². The average molecular weight is 288 g/mol. The first kappa shape index (κ1) is 14.5. The predicted molar refractivity (Wildman–Crippen MR) is 81.3 cm³/mol. The maximum Gasteiger partial charge on any atom is 0.154 e. The van der Waals surface area contributed by atoms with E-state index in [4.69, 9.17) is 0 Å². The number of hydrogen-bond donors (Lipinski definition) is 2. The van der Waals surface area contributed by atoms with Gasteiger partial charge in [0.25, 0.3) is 0 Å². The molecule has 0 aliphatic heterocycles. The molecule has 0 saturated carbocycles. The number of rotatable bonds is 5. The summed E-state index contributed by atoms with van der Waals surface area (Å²) in [4.78, 5) is 11.0. The van der Waals surface area contributed by atoms with Crippen molar-refractivity contribution in [2.75, 3.05) is 0 Å². The third kappa shape index (κ3) is 3.14. The van der Waals surface area contributed by atoms with Gasteiger partial charge in [0.1, 0.15) is 11.5 Å². The highest BCUT2D eigenvalue weighted by atomic mass is 32.2. The maximum absolute atomic E-state index is 11.0. The molecular weight excluding hydrogens is 272 g/mol. The van der Waals surface area contributed by atoms with Crippen LogP contribution < -0.4 is 0 Å². The Balaban J connectivity index is 2.12. The van der Waals surface area contributed by atoms with Crippen molar-refractivity contribution in [2.24, 2.45) is 0 Å². The Morgan fingerprint density at radius 3 is 2.50 bits per heavy atom. The molecule has 0 atom stereocenters. The number of phenolic OH excluding ortho intramolecular Hbond substituents is 2. The highest BCUT2D eigenvalue weighted by Gasteiger charge is 2.14. The third-order valence-electron chi connectivity index (χ3n) is 3.10. The Morgan fingerprint density at radius 1 is 1.15 bits per heavy atom. The highest BCUT2D eigenvalue weighted by Crippen LogP contribution is 2.35. The number of aryl methyl sites for hydroxylation is 1. The van der Waals surface area contributed by atoms with E-state index in [1.807, 2.05) is 30.3 Å². The summed E-state index contributed by atoms with van der Waals surface area (Å²) < 4.78 is 0. The lowest BCUT2D eigenvalue weighted by Crippen LogP contribution is -1.94. The smallest absolute Gasteiger partial charge is 0.154 e. The minimum absolute atomic E-state index is 0.0335. The zero-order chi connectivity index (χ0) is 14.5. The van der Waals surface area contributed by atoms with E-state index in [2.05, 4.69) is 0 Å². The monoisotopic (exact) mass is 288 g/mol. The fourth-order valence-electron chi connectivity index (χ4n) is 1.98. The molecule has 0 heterocycles. The van der Waals surface area contributed by atoms with E-state index in [0.717, 1.165) is 5.75 Å². The number of aldehydes is 1. The van der Waals surface area contributed by atoms with Gasteiger partial charge >= 0.3 is 0 Å². The molecule has 0 unspecified atom stereocenters. The Bertz CT molecular complexity index is 609. The number of hydrogen-bond acceptors (Lipinski definition) is 4. The quantitative estimate of drug-likeness (QED) is 0.824. The van der Waals surface area contributed by atoms with Crippen LogP contribution in [-0.2, 0) is 11.5 Å². The van der Waals surface area contributed by atoms with Crippen LogP contribution in [0.2, 0.25) is 0 Å². The first-order valence-corrected chi connectivity index (χ1v) is 7.40. The van der Waals surface area contributed by atoms with Gasteiger partial charge in [-0.05, 0) is 24.1 Å². The van der Waals surface area contributed by atoms with Gasteiger partial charge in [-0.15, -0.1) is 0 Å². The van der Waals surface area contributed by atoms with Crippen molar-refractivity contribution < 1.29 is 15.0 Å². The van der Waals surface area contributed by atoms with E-state index in [1.165, 1.54) is 11.6 Å². The highest BCUT2D eigenvalue weighted by molar-refractivity contribution is 7.97. The van der Waals surface area contributed by atoms with Crippen LogP contribution in [0, 0.1) is 6.92 Å². The molecular formula is C16H16O3S. The van der Waals surface area contributed by atoms with Crippen LogP contribution in [-0.4, -0.2) is 16.5 Å². The maximum atomic E-state index is 11.0. The van der Waals surface area contributed by atoms with Crippen molar-refractivity contribution in [3.05, 3.63) is 58.7 Å². The van der Waals surface area contributed by atoms with Gasteiger partial charge in [-0.2, -0.15) is 11.8 Å². The van der Waals surface area contributed by atoms with E-state index < -0.39 is 0 Å². The third-order valence-corrected chi connectivity index (χ3v) is 4.13. The normalized spacial score (nSPS) is 10.4. The van der Waals surface area contributed by atoms with Crippen LogP contribution in [0.15, 0.2) is 36.4 Å². The second-order valence-electron chi connectivity index (χ2n) is 4.55. The standard InChI is InChI=1S/C16H16O3S/c1-11-7-15(18)14(16(19)13(11)8-17)10-20-9-12-5-3-2-4-6-12/h2-8,18-19H,9-10H2,1H3. The Labute approximate surface area is 122 Å².